The maximum absolute atomic E-state index is 3.69. The molecule has 0 saturated carbocycles. The van der Waals surface area contributed by atoms with Gasteiger partial charge in [0.05, 0.1) is 0 Å². The molecule has 1 aliphatic carbocycles. The second-order valence-electron chi connectivity index (χ2n) is 7.64. The van der Waals surface area contributed by atoms with Gasteiger partial charge in [-0.1, -0.05) is 93.4 Å². The predicted molar refractivity (Wildman–Crippen MR) is 114 cm³/mol. The molecule has 0 bridgehead atoms. The van der Waals surface area contributed by atoms with E-state index in [4.69, 9.17) is 0 Å². The molecule has 4 rings (SSSR count). The van der Waals surface area contributed by atoms with Gasteiger partial charge in [-0.15, -0.1) is 23.3 Å². The summed E-state index contributed by atoms with van der Waals surface area (Å²) in [6.07, 6.45) is 7.22. The summed E-state index contributed by atoms with van der Waals surface area (Å²) in [4.78, 5) is 0. The van der Waals surface area contributed by atoms with Gasteiger partial charge in [0.15, 0.2) is 0 Å². The minimum atomic E-state index is -0.0672. The summed E-state index contributed by atoms with van der Waals surface area (Å²) < 4.78 is 0. The molecule has 0 spiro atoms. The second-order valence-corrected chi connectivity index (χ2v) is 7.64. The van der Waals surface area contributed by atoms with Crippen molar-refractivity contribution in [2.24, 2.45) is 0 Å². The number of unbranched alkanes of at least 4 members (excludes halogenated alkanes) is 1. The first-order valence-electron chi connectivity index (χ1n) is 10.1. The van der Waals surface area contributed by atoms with E-state index in [1.54, 1.807) is 0 Å². The van der Waals surface area contributed by atoms with E-state index in [2.05, 4.69) is 105 Å². The molecule has 0 aliphatic heterocycles. The number of benzene rings is 3. The number of halogens is 3. The van der Waals surface area contributed by atoms with E-state index in [0.717, 1.165) is 6.42 Å². The van der Waals surface area contributed by atoms with Gasteiger partial charge >= 0.3 is 21.7 Å². The number of fused-ring (bicyclic) bond motifs is 1. The zero-order valence-corrected chi connectivity index (χ0v) is 21.7. The molecule has 0 radical (unpaired) electrons. The molecule has 1 atom stereocenters. The largest absolute Gasteiger partial charge is 4.00 e. The van der Waals surface area contributed by atoms with Gasteiger partial charge in [0.25, 0.3) is 0 Å². The quantitative estimate of drug-likeness (QED) is 0.271. The molecule has 3 aromatic rings. The van der Waals surface area contributed by atoms with E-state index in [9.17, 15) is 0 Å². The first-order valence-corrected chi connectivity index (χ1v) is 10.1. The number of hydrogen-bond donors (Lipinski definition) is 0. The van der Waals surface area contributed by atoms with E-state index in [0.29, 0.717) is 5.92 Å². The molecular weight excluding hydrogens is 479 g/mol. The van der Waals surface area contributed by atoms with E-state index in [1.165, 1.54) is 40.7 Å². The molecule has 160 valence electrons. The van der Waals surface area contributed by atoms with Crippen LogP contribution in [0.1, 0.15) is 61.3 Å². The maximum atomic E-state index is 3.69. The zero-order valence-electron chi connectivity index (χ0n) is 17.9. The molecule has 0 N–H and O–H groups in total. The normalized spacial score (nSPS) is 14.0. The van der Waals surface area contributed by atoms with E-state index < -0.39 is 0 Å². The Morgan fingerprint density at radius 1 is 0.742 bits per heavy atom. The van der Waals surface area contributed by atoms with Crippen LogP contribution in [0.15, 0.2) is 90.5 Å². The maximum Gasteiger partial charge on any atom is 4.00 e. The Hall–Kier alpha value is -1.02. The van der Waals surface area contributed by atoms with E-state index >= 15 is 0 Å². The topological polar surface area (TPSA) is 0 Å². The van der Waals surface area contributed by atoms with Crippen molar-refractivity contribution >= 4 is 0 Å². The van der Waals surface area contributed by atoms with Crippen molar-refractivity contribution in [2.75, 3.05) is 0 Å². The Bertz CT molecular complexity index is 899. The predicted octanol–water partition coefficient (Wildman–Crippen LogP) is -1.93. The summed E-state index contributed by atoms with van der Waals surface area (Å²) in [5.74, 6) is 0.324. The van der Waals surface area contributed by atoms with Crippen LogP contribution in [0.4, 0.5) is 0 Å². The third-order valence-electron chi connectivity index (χ3n) is 6.03. The van der Waals surface area contributed by atoms with Gasteiger partial charge < -0.3 is 37.2 Å². The molecule has 31 heavy (non-hydrogen) atoms. The van der Waals surface area contributed by atoms with Crippen LogP contribution < -0.4 is 37.2 Å². The van der Waals surface area contributed by atoms with Crippen molar-refractivity contribution in [3.8, 4) is 0 Å². The molecule has 0 heterocycles. The van der Waals surface area contributed by atoms with E-state index in [1.807, 2.05) is 0 Å². The molecule has 4 heteroatoms. The summed E-state index contributed by atoms with van der Waals surface area (Å²) >= 11 is 0. The second kappa shape index (κ2) is 13.5. The SMILES string of the molecule is CCCCC(c1ccccc1)(c1ccccc1)C1C(C)=[C-]c2ccccc21.[Cl-].[Cl-].[Cl-].[Ti+4]. The smallest absolute Gasteiger partial charge is 1.00 e. The van der Waals surface area contributed by atoms with Gasteiger partial charge in [0, 0.05) is 5.41 Å². The van der Waals surface area contributed by atoms with Crippen LogP contribution >= 0.6 is 0 Å². The van der Waals surface area contributed by atoms with Gasteiger partial charge in [-0.2, -0.15) is 17.7 Å². The van der Waals surface area contributed by atoms with Gasteiger partial charge in [0.1, 0.15) is 0 Å². The van der Waals surface area contributed by atoms with Crippen molar-refractivity contribution in [1.82, 2.24) is 0 Å². The third kappa shape index (κ3) is 5.67. The van der Waals surface area contributed by atoms with Gasteiger partial charge in [0.2, 0.25) is 0 Å². The Labute approximate surface area is 221 Å². The summed E-state index contributed by atoms with van der Waals surface area (Å²) in [6.45, 7) is 4.55. The van der Waals surface area contributed by atoms with Gasteiger partial charge in [-0.3, -0.25) is 0 Å². The number of allylic oxidation sites excluding steroid dienone is 1. The molecule has 0 aromatic heterocycles. The zero-order chi connectivity index (χ0) is 18.7. The Morgan fingerprint density at radius 3 is 1.74 bits per heavy atom. The first-order chi connectivity index (χ1) is 13.3. The average Bonchev–Trinajstić information content (AvgIpc) is 3.07. The summed E-state index contributed by atoms with van der Waals surface area (Å²) in [7, 11) is 0. The van der Waals surface area contributed by atoms with Crippen molar-refractivity contribution in [2.45, 2.75) is 44.4 Å². The minimum Gasteiger partial charge on any atom is -1.00 e. The average molecular weight is 506 g/mol. The summed E-state index contributed by atoms with van der Waals surface area (Å²) in [5, 5.41) is 0. The first kappa shape index (κ1) is 30.0. The number of rotatable bonds is 6. The fraction of sp³-hybridized carbons (Fsp3) is 0.259. The third-order valence-corrected chi connectivity index (χ3v) is 6.03. The van der Waals surface area contributed by atoms with Crippen molar-refractivity contribution in [3.63, 3.8) is 0 Å². The van der Waals surface area contributed by atoms with Crippen LogP contribution in [0.3, 0.4) is 0 Å². The molecule has 3 aromatic carbocycles. The summed E-state index contributed by atoms with van der Waals surface area (Å²) in [5.41, 5.74) is 6.77. The molecular formula is C27H27Cl3Ti. The van der Waals surface area contributed by atoms with Crippen LogP contribution in [0.2, 0.25) is 0 Å². The summed E-state index contributed by atoms with van der Waals surface area (Å²) in [6, 6.07) is 31.0. The molecule has 0 saturated heterocycles. The van der Waals surface area contributed by atoms with Crippen molar-refractivity contribution in [1.29, 1.82) is 0 Å². The molecule has 1 unspecified atom stereocenters. The monoisotopic (exact) mass is 504 g/mol. The van der Waals surface area contributed by atoms with E-state index in [-0.39, 0.29) is 64.4 Å². The van der Waals surface area contributed by atoms with Gasteiger partial charge in [-0.05, 0) is 23.5 Å². The standard InChI is InChI=1S/C27H27.3ClH.Ti/c1-3-4-19-27(23-14-7-5-8-15-23,24-16-9-6-10-17-24)26-21(2)20-22-13-11-12-18-25(22)26;;;;/h5-18,26H,3-4,19H2,1-2H3;3*1H;/q-1;;;;+4/p-3. The van der Waals surface area contributed by atoms with Crippen LogP contribution in [0.25, 0.3) is 0 Å². The fourth-order valence-electron chi connectivity index (χ4n) is 4.88. The van der Waals surface area contributed by atoms with Gasteiger partial charge in [-0.25, -0.2) is 0 Å². The van der Waals surface area contributed by atoms with Crippen molar-refractivity contribution in [3.05, 3.63) is 119 Å². The van der Waals surface area contributed by atoms with Crippen molar-refractivity contribution < 1.29 is 58.9 Å². The Morgan fingerprint density at radius 2 is 1.23 bits per heavy atom. The molecule has 0 nitrogen and oxygen atoms in total. The van der Waals surface area contributed by atoms with Crippen LogP contribution in [0, 0.1) is 6.08 Å². The molecule has 1 aliphatic rings. The van der Waals surface area contributed by atoms with Crippen LogP contribution in [0.5, 0.6) is 0 Å². The number of hydrogen-bond acceptors (Lipinski definition) is 0. The van der Waals surface area contributed by atoms with Crippen LogP contribution in [-0.2, 0) is 27.1 Å². The Balaban J connectivity index is 0.00000225. The molecule has 0 amide bonds. The molecule has 0 fully saturated rings. The fourth-order valence-corrected chi connectivity index (χ4v) is 4.88. The Kier molecular flexibility index (Phi) is 13.1. The minimum absolute atomic E-state index is 0. The van der Waals surface area contributed by atoms with Crippen LogP contribution in [-0.4, -0.2) is 0 Å².